The number of ketones is 1. The fourth-order valence-corrected chi connectivity index (χ4v) is 2.62. The van der Waals surface area contributed by atoms with E-state index >= 15 is 0 Å². The van der Waals surface area contributed by atoms with Crippen LogP contribution in [0.2, 0.25) is 5.02 Å². The van der Waals surface area contributed by atoms with Gasteiger partial charge in [0.2, 0.25) is 0 Å². The van der Waals surface area contributed by atoms with Gasteiger partial charge in [-0.15, -0.1) is 0 Å². The highest BCUT2D eigenvalue weighted by Gasteiger charge is 2.20. The van der Waals surface area contributed by atoms with Crippen LogP contribution in [0.5, 0.6) is 0 Å². The summed E-state index contributed by atoms with van der Waals surface area (Å²) in [6, 6.07) is 13.5. The van der Waals surface area contributed by atoms with E-state index in [1.807, 2.05) is 0 Å². The summed E-state index contributed by atoms with van der Waals surface area (Å²) in [7, 11) is 0. The SMILES string of the molecule is CC(=O)c1ccc(NC(=O)c2ccc(-c3ccc(Cl)cc3[N+](=O)[O-])o2)cc1. The first-order valence-electron chi connectivity index (χ1n) is 7.81. The largest absolute Gasteiger partial charge is 0.451 e. The van der Waals surface area contributed by atoms with Crippen molar-refractivity contribution in [2.24, 2.45) is 0 Å². The highest BCUT2D eigenvalue weighted by atomic mass is 35.5. The molecule has 0 radical (unpaired) electrons. The Labute approximate surface area is 158 Å². The van der Waals surface area contributed by atoms with Crippen LogP contribution in [0.1, 0.15) is 27.8 Å². The number of halogens is 1. The second kappa shape index (κ2) is 7.43. The number of nitrogens with zero attached hydrogens (tertiary/aromatic N) is 1. The molecule has 0 fully saturated rings. The highest BCUT2D eigenvalue weighted by molar-refractivity contribution is 6.30. The molecule has 1 amide bonds. The summed E-state index contributed by atoms with van der Waals surface area (Å²) in [6.45, 7) is 1.45. The van der Waals surface area contributed by atoms with Crippen molar-refractivity contribution in [1.82, 2.24) is 0 Å². The van der Waals surface area contributed by atoms with Gasteiger partial charge in [0.25, 0.3) is 11.6 Å². The number of carbonyl (C=O) groups is 2. The fraction of sp³-hybridized carbons (Fsp3) is 0.0526. The van der Waals surface area contributed by atoms with Crippen molar-refractivity contribution in [3.05, 3.63) is 81.1 Å². The number of benzene rings is 2. The molecule has 1 aromatic heterocycles. The van der Waals surface area contributed by atoms with E-state index in [1.165, 1.54) is 37.3 Å². The van der Waals surface area contributed by atoms with Crippen LogP contribution < -0.4 is 5.32 Å². The first kappa shape index (κ1) is 18.3. The average Bonchev–Trinajstić information content (AvgIpc) is 3.12. The summed E-state index contributed by atoms with van der Waals surface area (Å²) < 4.78 is 5.48. The Kier molecular flexibility index (Phi) is 5.05. The number of Topliss-reactive ketones (excluding diaryl/α,β-unsaturated/α-hetero) is 1. The maximum Gasteiger partial charge on any atom is 0.291 e. The number of hydrogen-bond acceptors (Lipinski definition) is 5. The Balaban J connectivity index is 1.82. The predicted octanol–water partition coefficient (Wildman–Crippen LogP) is 4.96. The number of amides is 1. The Morgan fingerprint density at radius 3 is 2.41 bits per heavy atom. The molecular weight excluding hydrogens is 372 g/mol. The number of rotatable bonds is 5. The molecule has 1 heterocycles. The van der Waals surface area contributed by atoms with Gasteiger partial charge in [-0.1, -0.05) is 11.6 Å². The quantitative estimate of drug-likeness (QED) is 0.380. The summed E-state index contributed by atoms with van der Waals surface area (Å²) in [5.74, 6) is -0.429. The van der Waals surface area contributed by atoms with Crippen molar-refractivity contribution in [2.45, 2.75) is 6.92 Å². The number of hydrogen-bond donors (Lipinski definition) is 1. The molecule has 1 N–H and O–H groups in total. The van der Waals surface area contributed by atoms with Crippen LogP contribution >= 0.6 is 11.6 Å². The number of carbonyl (C=O) groups excluding carboxylic acids is 2. The number of nitro benzene ring substituents is 1. The summed E-state index contributed by atoms with van der Waals surface area (Å²) >= 11 is 5.80. The van der Waals surface area contributed by atoms with Gasteiger partial charge in [-0.25, -0.2) is 0 Å². The molecule has 0 aliphatic carbocycles. The van der Waals surface area contributed by atoms with Crippen molar-refractivity contribution in [1.29, 1.82) is 0 Å². The third-order valence-corrected chi connectivity index (χ3v) is 4.04. The van der Waals surface area contributed by atoms with Gasteiger partial charge in [0.1, 0.15) is 5.76 Å². The number of nitrogens with one attached hydrogen (secondary N) is 1. The molecule has 0 atom stereocenters. The van der Waals surface area contributed by atoms with E-state index in [0.29, 0.717) is 11.3 Å². The molecule has 7 nitrogen and oxygen atoms in total. The Hall–Kier alpha value is -3.45. The van der Waals surface area contributed by atoms with E-state index in [1.54, 1.807) is 24.3 Å². The van der Waals surface area contributed by atoms with Crippen molar-refractivity contribution < 1.29 is 18.9 Å². The molecule has 0 aliphatic heterocycles. The summed E-state index contributed by atoms with van der Waals surface area (Å²) in [6.07, 6.45) is 0. The minimum Gasteiger partial charge on any atom is -0.451 e. The van der Waals surface area contributed by atoms with E-state index in [0.717, 1.165) is 0 Å². The highest BCUT2D eigenvalue weighted by Crippen LogP contribution is 2.33. The maximum absolute atomic E-state index is 12.3. The van der Waals surface area contributed by atoms with E-state index in [9.17, 15) is 19.7 Å². The number of furan rings is 1. The zero-order valence-corrected chi connectivity index (χ0v) is 14.8. The van der Waals surface area contributed by atoms with Crippen molar-refractivity contribution >= 4 is 34.7 Å². The topological polar surface area (TPSA) is 102 Å². The average molecular weight is 385 g/mol. The summed E-state index contributed by atoms with van der Waals surface area (Å²) in [5.41, 5.74) is 1.02. The lowest BCUT2D eigenvalue weighted by molar-refractivity contribution is -0.384. The lowest BCUT2D eigenvalue weighted by atomic mass is 10.1. The molecule has 8 heteroatoms. The van der Waals surface area contributed by atoms with Crippen molar-refractivity contribution in [3.63, 3.8) is 0 Å². The zero-order valence-electron chi connectivity index (χ0n) is 14.1. The van der Waals surface area contributed by atoms with Gasteiger partial charge in [-0.3, -0.25) is 19.7 Å². The van der Waals surface area contributed by atoms with Crippen LogP contribution in [0.25, 0.3) is 11.3 Å². The van der Waals surface area contributed by atoms with E-state index < -0.39 is 10.8 Å². The van der Waals surface area contributed by atoms with Crippen LogP contribution in [0.4, 0.5) is 11.4 Å². The molecule has 3 aromatic rings. The first-order valence-corrected chi connectivity index (χ1v) is 8.19. The van der Waals surface area contributed by atoms with Gasteiger partial charge in [0, 0.05) is 22.3 Å². The second-order valence-corrected chi connectivity index (χ2v) is 6.11. The summed E-state index contributed by atoms with van der Waals surface area (Å²) in [5, 5.41) is 14.1. The zero-order chi connectivity index (χ0) is 19.6. The first-order chi connectivity index (χ1) is 12.8. The summed E-state index contributed by atoms with van der Waals surface area (Å²) in [4.78, 5) is 34.2. The number of anilines is 1. The van der Waals surface area contributed by atoms with Gasteiger partial charge in [0.05, 0.1) is 10.5 Å². The van der Waals surface area contributed by atoms with E-state index in [-0.39, 0.29) is 33.6 Å². The normalized spacial score (nSPS) is 10.4. The van der Waals surface area contributed by atoms with Crippen LogP contribution in [-0.2, 0) is 0 Å². The fourth-order valence-electron chi connectivity index (χ4n) is 2.45. The van der Waals surface area contributed by atoms with Crippen LogP contribution in [0, 0.1) is 10.1 Å². The van der Waals surface area contributed by atoms with Gasteiger partial charge < -0.3 is 9.73 Å². The predicted molar refractivity (Wildman–Crippen MR) is 100 cm³/mol. The van der Waals surface area contributed by atoms with Crippen LogP contribution in [-0.4, -0.2) is 16.6 Å². The molecule has 0 aliphatic rings. The minimum absolute atomic E-state index is 0.00936. The minimum atomic E-state index is -0.569. The molecule has 0 unspecified atom stereocenters. The van der Waals surface area contributed by atoms with E-state index in [4.69, 9.17) is 16.0 Å². The van der Waals surface area contributed by atoms with E-state index in [2.05, 4.69) is 5.32 Å². The third-order valence-electron chi connectivity index (χ3n) is 3.80. The third kappa shape index (κ3) is 4.04. The molecule has 0 saturated carbocycles. The van der Waals surface area contributed by atoms with Crippen molar-refractivity contribution in [3.8, 4) is 11.3 Å². The van der Waals surface area contributed by atoms with Gasteiger partial charge in [-0.05, 0) is 55.5 Å². The molecule has 0 saturated heterocycles. The van der Waals surface area contributed by atoms with Gasteiger partial charge >= 0.3 is 0 Å². The monoisotopic (exact) mass is 384 g/mol. The lowest BCUT2D eigenvalue weighted by Gasteiger charge is -2.04. The Morgan fingerprint density at radius 1 is 1.07 bits per heavy atom. The smallest absolute Gasteiger partial charge is 0.291 e. The van der Waals surface area contributed by atoms with Crippen LogP contribution in [0.15, 0.2) is 59.0 Å². The molecule has 0 bridgehead atoms. The molecule has 2 aromatic carbocycles. The molecule has 0 spiro atoms. The van der Waals surface area contributed by atoms with Crippen molar-refractivity contribution in [2.75, 3.05) is 5.32 Å². The standard InChI is InChI=1S/C19H13ClN2O5/c1-11(23)12-2-5-14(6-3-12)21-19(24)18-9-8-17(27-18)15-7-4-13(20)10-16(15)22(25)26/h2-10H,1H3,(H,21,24). The Bertz CT molecular complexity index is 1040. The molecular formula is C19H13ClN2O5. The lowest BCUT2D eigenvalue weighted by Crippen LogP contribution is -2.10. The molecule has 27 heavy (non-hydrogen) atoms. The maximum atomic E-state index is 12.3. The van der Waals surface area contributed by atoms with Gasteiger partial charge in [0.15, 0.2) is 11.5 Å². The van der Waals surface area contributed by atoms with Gasteiger partial charge in [-0.2, -0.15) is 0 Å². The second-order valence-electron chi connectivity index (χ2n) is 5.67. The Morgan fingerprint density at radius 2 is 1.78 bits per heavy atom. The molecule has 3 rings (SSSR count). The van der Waals surface area contributed by atoms with Crippen LogP contribution in [0.3, 0.4) is 0 Å². The molecule has 136 valence electrons. The number of nitro groups is 1.